The summed E-state index contributed by atoms with van der Waals surface area (Å²) in [4.78, 5) is 9.76. The van der Waals surface area contributed by atoms with Gasteiger partial charge >= 0.3 is 0 Å². The summed E-state index contributed by atoms with van der Waals surface area (Å²) in [5.74, 6) is 0.563. The monoisotopic (exact) mass is 590 g/mol. The molecule has 1 aliphatic carbocycles. The lowest BCUT2D eigenvalue weighted by Gasteiger charge is -2.26. The number of nitrogens with zero attached hydrogens (tertiary/aromatic N) is 2. The zero-order valence-corrected chi connectivity index (χ0v) is 24.2. The average Bonchev–Trinajstić information content (AvgIpc) is 2.73. The zero-order chi connectivity index (χ0) is 25.3. The van der Waals surface area contributed by atoms with E-state index in [0.29, 0.717) is 11.1 Å². The minimum absolute atomic E-state index is 0.0397. The summed E-state index contributed by atoms with van der Waals surface area (Å²) in [6.07, 6.45) is 7.72. The van der Waals surface area contributed by atoms with Crippen LogP contribution in [0.3, 0.4) is 0 Å². The lowest BCUT2D eigenvalue weighted by Crippen LogP contribution is -2.27. The number of aromatic hydroxyl groups is 2. The molecule has 0 heterocycles. The molecule has 0 spiro atoms. The van der Waals surface area contributed by atoms with Gasteiger partial charge in [-0.3, -0.25) is 9.98 Å². The maximum atomic E-state index is 10.9. The zero-order valence-electron chi connectivity index (χ0n) is 21.0. The highest BCUT2D eigenvalue weighted by Crippen LogP contribution is 2.37. The molecule has 2 aromatic rings. The van der Waals surface area contributed by atoms with Crippen molar-refractivity contribution in [3.05, 3.63) is 55.5 Å². The lowest BCUT2D eigenvalue weighted by molar-refractivity contribution is 0.390. The second-order valence-electron chi connectivity index (χ2n) is 11.3. The third-order valence-electron chi connectivity index (χ3n) is 6.33. The Hall–Kier alpha value is -1.66. The molecule has 1 saturated carbocycles. The van der Waals surface area contributed by atoms with Gasteiger partial charge in [-0.25, -0.2) is 0 Å². The van der Waals surface area contributed by atoms with Gasteiger partial charge in [0.15, 0.2) is 0 Å². The van der Waals surface area contributed by atoms with E-state index in [1.165, 1.54) is 0 Å². The first-order valence-electron chi connectivity index (χ1n) is 11.9. The summed E-state index contributed by atoms with van der Waals surface area (Å²) in [5.41, 5.74) is 2.86. The second kappa shape index (κ2) is 10.5. The minimum Gasteiger partial charge on any atom is -0.507 e. The highest BCUT2D eigenvalue weighted by Gasteiger charge is 2.25. The molecule has 34 heavy (non-hydrogen) atoms. The molecule has 4 nitrogen and oxygen atoms in total. The third kappa shape index (κ3) is 6.51. The minimum atomic E-state index is -0.175. The quantitative estimate of drug-likeness (QED) is 0.353. The van der Waals surface area contributed by atoms with Crippen LogP contribution in [-0.4, -0.2) is 34.7 Å². The first kappa shape index (κ1) is 26.9. The number of phenolic OH excluding ortho intramolecular Hbond substituents is 2. The van der Waals surface area contributed by atoms with E-state index < -0.39 is 0 Å². The van der Waals surface area contributed by atoms with Gasteiger partial charge in [0, 0.05) is 43.6 Å². The molecule has 0 aliphatic heterocycles. The van der Waals surface area contributed by atoms with Crippen molar-refractivity contribution >= 4 is 44.3 Å². The Morgan fingerprint density at radius 2 is 1.06 bits per heavy atom. The molecule has 1 fully saturated rings. The molecule has 0 radical (unpaired) electrons. The van der Waals surface area contributed by atoms with Crippen molar-refractivity contribution in [3.63, 3.8) is 0 Å². The van der Waals surface area contributed by atoms with Gasteiger partial charge in [-0.2, -0.15) is 0 Å². The van der Waals surface area contributed by atoms with Crippen molar-refractivity contribution in [3.8, 4) is 11.5 Å². The van der Waals surface area contributed by atoms with Gasteiger partial charge in [-0.05, 0) is 47.9 Å². The van der Waals surface area contributed by atoms with Crippen LogP contribution in [0.25, 0.3) is 0 Å². The first-order valence-corrected chi connectivity index (χ1v) is 13.5. The van der Waals surface area contributed by atoms with Crippen LogP contribution < -0.4 is 0 Å². The summed E-state index contributed by atoms with van der Waals surface area (Å²) >= 11 is 7.15. The smallest absolute Gasteiger partial charge is 0.128 e. The lowest BCUT2D eigenvalue weighted by atomic mass is 9.85. The number of halogens is 2. The van der Waals surface area contributed by atoms with Crippen LogP contribution in [0, 0.1) is 0 Å². The second-order valence-corrected chi connectivity index (χ2v) is 13.1. The van der Waals surface area contributed by atoms with E-state index in [1.54, 1.807) is 12.4 Å². The van der Waals surface area contributed by atoms with E-state index in [1.807, 2.05) is 24.3 Å². The molecular formula is C28H36Br2N2O2. The van der Waals surface area contributed by atoms with Gasteiger partial charge in [-0.1, -0.05) is 86.2 Å². The molecule has 1 aliphatic rings. The number of hydrogen-bond donors (Lipinski definition) is 2. The number of benzene rings is 2. The van der Waals surface area contributed by atoms with Gasteiger partial charge in [0.25, 0.3) is 0 Å². The van der Waals surface area contributed by atoms with E-state index >= 15 is 0 Å². The largest absolute Gasteiger partial charge is 0.507 e. The van der Waals surface area contributed by atoms with Crippen LogP contribution in [0.1, 0.15) is 89.5 Å². The summed E-state index contributed by atoms with van der Waals surface area (Å²) in [6, 6.07) is 7.83. The molecule has 6 heteroatoms. The maximum Gasteiger partial charge on any atom is 0.128 e. The molecule has 2 aromatic carbocycles. The number of rotatable bonds is 4. The van der Waals surface area contributed by atoms with E-state index in [2.05, 4.69) is 73.4 Å². The van der Waals surface area contributed by atoms with Crippen LogP contribution in [0.15, 0.2) is 43.2 Å². The number of aliphatic imine (C=N–C) groups is 2. The van der Waals surface area contributed by atoms with Gasteiger partial charge in [0.2, 0.25) is 0 Å². The highest BCUT2D eigenvalue weighted by molar-refractivity contribution is 9.10. The topological polar surface area (TPSA) is 65.2 Å². The van der Waals surface area contributed by atoms with E-state index in [4.69, 9.17) is 9.98 Å². The molecule has 0 unspecified atom stereocenters. The summed E-state index contributed by atoms with van der Waals surface area (Å²) in [6.45, 7) is 12.5. The molecule has 0 aromatic heterocycles. The summed E-state index contributed by atoms with van der Waals surface area (Å²) < 4.78 is 1.85. The Bertz CT molecular complexity index is 1010. The Morgan fingerprint density at radius 3 is 1.38 bits per heavy atom. The molecule has 3 rings (SSSR count). The Labute approximate surface area is 220 Å². The summed E-state index contributed by atoms with van der Waals surface area (Å²) in [7, 11) is 0. The Balaban J connectivity index is 1.88. The molecule has 0 saturated heterocycles. The fraction of sp³-hybridized carbons (Fsp3) is 0.500. The van der Waals surface area contributed by atoms with Crippen LogP contribution in [-0.2, 0) is 10.8 Å². The van der Waals surface area contributed by atoms with Gasteiger partial charge in [-0.15, -0.1) is 0 Å². The van der Waals surface area contributed by atoms with E-state index in [-0.39, 0.29) is 34.4 Å². The van der Waals surface area contributed by atoms with Crippen molar-refractivity contribution in [2.45, 2.75) is 90.1 Å². The predicted octanol–water partition coefficient (Wildman–Crippen LogP) is 8.07. The molecule has 2 atom stereocenters. The summed E-state index contributed by atoms with van der Waals surface area (Å²) in [5, 5.41) is 21.7. The van der Waals surface area contributed by atoms with Crippen molar-refractivity contribution in [2.75, 3.05) is 0 Å². The maximum absolute atomic E-state index is 10.9. The van der Waals surface area contributed by atoms with E-state index in [9.17, 15) is 10.2 Å². The van der Waals surface area contributed by atoms with Gasteiger partial charge in [0.05, 0.1) is 12.1 Å². The predicted molar refractivity (Wildman–Crippen MR) is 150 cm³/mol. The van der Waals surface area contributed by atoms with E-state index in [0.717, 1.165) is 45.8 Å². The van der Waals surface area contributed by atoms with Gasteiger partial charge < -0.3 is 10.2 Å². The fourth-order valence-electron chi connectivity index (χ4n) is 4.37. The molecular weight excluding hydrogens is 556 g/mol. The normalized spacial score (nSPS) is 19.9. The standard InChI is InChI=1S/C28H36Br2N2O2/c1-27(2,3)21-13-19(29)11-17(25(21)33)15-31-23-9-7-8-10-24(23)32-16-18-12-20(30)14-22(26(18)34)28(4,5)6/h11-16,23-24,33-34H,7-10H2,1-6H3/b31-15-,32-16-/t23-,24-/m1/s1. The van der Waals surface area contributed by atoms with Crippen molar-refractivity contribution in [1.82, 2.24) is 0 Å². The SMILES string of the molecule is CC(C)(C)c1cc(Br)cc(/C=N\[C@@H]2CCCC[C@H]2/N=C\c2cc(Br)cc(C(C)(C)C)c2O)c1O. The first-order chi connectivity index (χ1) is 15.8. The molecule has 2 N–H and O–H groups in total. The Morgan fingerprint density at radius 1 is 0.706 bits per heavy atom. The number of hydrogen-bond acceptors (Lipinski definition) is 4. The third-order valence-corrected chi connectivity index (χ3v) is 7.24. The van der Waals surface area contributed by atoms with Crippen LogP contribution in [0.2, 0.25) is 0 Å². The fourth-order valence-corrected chi connectivity index (χ4v) is 5.32. The molecule has 184 valence electrons. The molecule has 0 bridgehead atoms. The highest BCUT2D eigenvalue weighted by atomic mass is 79.9. The molecule has 0 amide bonds. The van der Waals surface area contributed by atoms with Crippen molar-refractivity contribution < 1.29 is 10.2 Å². The van der Waals surface area contributed by atoms with Crippen molar-refractivity contribution in [1.29, 1.82) is 0 Å². The Kier molecular flexibility index (Phi) is 8.34. The van der Waals surface area contributed by atoms with Crippen molar-refractivity contribution in [2.24, 2.45) is 9.98 Å². The van der Waals surface area contributed by atoms with Crippen LogP contribution in [0.5, 0.6) is 11.5 Å². The number of phenols is 2. The average molecular weight is 592 g/mol. The van der Waals surface area contributed by atoms with Gasteiger partial charge in [0.1, 0.15) is 11.5 Å². The van der Waals surface area contributed by atoms with Crippen LogP contribution >= 0.6 is 31.9 Å². The van der Waals surface area contributed by atoms with Crippen LogP contribution in [0.4, 0.5) is 0 Å².